The Balaban J connectivity index is -0.000000158. The van der Waals surface area contributed by atoms with Crippen LogP contribution in [0.15, 0.2) is 0 Å². The molecule has 0 spiro atoms. The minimum absolute atomic E-state index is 0. The molecule has 0 saturated heterocycles. The van der Waals surface area contributed by atoms with Crippen LogP contribution in [0, 0.1) is 0 Å². The van der Waals surface area contributed by atoms with Gasteiger partial charge in [-0.2, -0.15) is 0 Å². The molecule has 0 aromatic carbocycles. The molecule has 8 N–H and O–H groups in total. The Morgan fingerprint density at radius 2 is 1.30 bits per heavy atom. The molecule has 0 radical (unpaired) electrons. The smallest absolute Gasteiger partial charge is 0.794 e. The Bertz CT molecular complexity index is 244. The van der Waals surface area contributed by atoms with Gasteiger partial charge in [-0.05, 0) is 0 Å². The summed E-state index contributed by atoms with van der Waals surface area (Å²) < 4.78 is 0. The topological polar surface area (TPSA) is 225 Å². The van der Waals surface area contributed by atoms with Crippen LogP contribution in [0.3, 0.4) is 0 Å². The normalized spacial score (nSPS) is 16.2. The third kappa shape index (κ3) is 17.4. The van der Waals surface area contributed by atoms with Gasteiger partial charge in [0.1, 0.15) is 24.4 Å². The molecule has 110 valence electrons. The zero-order valence-corrected chi connectivity index (χ0v) is 15.8. The minimum atomic E-state index is -4.86. The first kappa shape index (κ1) is 29.4. The predicted octanol–water partition coefficient (Wildman–Crippen LogP) is -14.1. The standard InChI is InChI=1S/C6H12O7.2Na.H3O4Si/c7-1-2(8)3(9)4(10)5(11)6(12)13;;;1-5(2,3)4/h2-5,7-11H,1H2,(H,12,13);;;1-3H/q;2*+1;-1/p-1/t2-,3-,4+,5-;;;/m1.../s1. The molecule has 0 bridgehead atoms. The van der Waals surface area contributed by atoms with E-state index < -0.39 is 46.0 Å². The Morgan fingerprint density at radius 3 is 1.50 bits per heavy atom. The zero-order valence-electron chi connectivity index (χ0n) is 10.8. The van der Waals surface area contributed by atoms with Crippen molar-refractivity contribution in [2.75, 3.05) is 6.61 Å². The number of aliphatic hydroxyl groups excluding tert-OH is 5. The van der Waals surface area contributed by atoms with Crippen LogP contribution < -0.4 is 69.0 Å². The van der Waals surface area contributed by atoms with Gasteiger partial charge in [0.25, 0.3) is 0 Å². The van der Waals surface area contributed by atoms with E-state index in [2.05, 4.69) is 0 Å². The van der Waals surface area contributed by atoms with Crippen LogP contribution in [0.1, 0.15) is 0 Å². The van der Waals surface area contributed by atoms with Gasteiger partial charge >= 0.3 is 68.2 Å². The molecular formula is C6H14Na2O11Si. The summed E-state index contributed by atoms with van der Waals surface area (Å²) in [5.41, 5.74) is 0. The average molecular weight is 336 g/mol. The Morgan fingerprint density at radius 1 is 1.00 bits per heavy atom. The van der Waals surface area contributed by atoms with Crippen LogP contribution in [-0.4, -0.2) is 86.0 Å². The number of carboxylic acid groups (broad SMARTS) is 1. The van der Waals surface area contributed by atoms with Crippen molar-refractivity contribution in [2.45, 2.75) is 24.4 Å². The Labute approximate surface area is 158 Å². The molecule has 0 aliphatic carbocycles. The van der Waals surface area contributed by atoms with Gasteiger partial charge in [0.15, 0.2) is 0 Å². The van der Waals surface area contributed by atoms with Crippen molar-refractivity contribution in [2.24, 2.45) is 0 Å². The van der Waals surface area contributed by atoms with Crippen molar-refractivity contribution in [1.29, 1.82) is 0 Å². The van der Waals surface area contributed by atoms with Crippen molar-refractivity contribution in [3.63, 3.8) is 0 Å². The molecule has 0 rings (SSSR count). The molecule has 0 aliphatic heterocycles. The van der Waals surface area contributed by atoms with Crippen molar-refractivity contribution in [3.8, 4) is 0 Å². The number of aliphatic hydroxyl groups is 5. The second-order valence-electron chi connectivity index (χ2n) is 3.07. The molecular weight excluding hydrogens is 322 g/mol. The molecule has 0 aliphatic rings. The number of hydrogen-bond donors (Lipinski definition) is 8. The second kappa shape index (κ2) is 14.0. The van der Waals surface area contributed by atoms with E-state index in [-0.39, 0.29) is 59.1 Å². The summed E-state index contributed by atoms with van der Waals surface area (Å²) >= 11 is 0. The first-order valence-corrected chi connectivity index (χ1v) is 6.08. The van der Waals surface area contributed by atoms with E-state index >= 15 is 0 Å². The van der Waals surface area contributed by atoms with Gasteiger partial charge in [-0.1, -0.05) is 0 Å². The van der Waals surface area contributed by atoms with E-state index in [9.17, 15) is 9.90 Å². The largest absolute Gasteiger partial charge is 1.00 e. The summed E-state index contributed by atoms with van der Waals surface area (Å²) in [6.45, 7) is -0.863. The van der Waals surface area contributed by atoms with E-state index in [0.717, 1.165) is 0 Å². The summed E-state index contributed by atoms with van der Waals surface area (Å²) in [5, 5.41) is 53.4. The summed E-state index contributed by atoms with van der Waals surface area (Å²) in [7, 11) is -4.86. The van der Waals surface area contributed by atoms with Crippen LogP contribution in [0.5, 0.6) is 0 Å². The quantitative estimate of drug-likeness (QED) is 0.220. The van der Waals surface area contributed by atoms with Crippen LogP contribution in [0.25, 0.3) is 0 Å². The van der Waals surface area contributed by atoms with Crippen LogP contribution in [-0.2, 0) is 4.79 Å². The van der Waals surface area contributed by atoms with Gasteiger partial charge in [-0.15, -0.1) is 0 Å². The third-order valence-corrected chi connectivity index (χ3v) is 1.50. The summed E-state index contributed by atoms with van der Waals surface area (Å²) in [5.74, 6) is -1.98. The third-order valence-electron chi connectivity index (χ3n) is 1.50. The van der Waals surface area contributed by atoms with E-state index in [1.807, 2.05) is 0 Å². The fraction of sp³-hybridized carbons (Fsp3) is 0.833. The maximum atomic E-state index is 9.98. The van der Waals surface area contributed by atoms with E-state index in [1.165, 1.54) is 0 Å². The number of carbonyl (C=O) groups excluding carboxylic acids is 1. The van der Waals surface area contributed by atoms with Gasteiger partial charge in [0.05, 0.1) is 12.6 Å². The molecule has 20 heavy (non-hydrogen) atoms. The molecule has 11 nitrogen and oxygen atoms in total. The maximum Gasteiger partial charge on any atom is 1.00 e. The molecule has 0 heterocycles. The minimum Gasteiger partial charge on any atom is -0.794 e. The average Bonchev–Trinajstić information content (AvgIpc) is 2.22. The van der Waals surface area contributed by atoms with Gasteiger partial charge in [-0.3, -0.25) is 0 Å². The fourth-order valence-electron chi connectivity index (χ4n) is 0.662. The van der Waals surface area contributed by atoms with Gasteiger partial charge in [0, 0.05) is 0 Å². The predicted molar refractivity (Wildman–Crippen MR) is 48.5 cm³/mol. The SMILES string of the molecule is O=C([O-])[C@H](O)[C@@H](O)[C@H](O)[C@H](O)CO.[Na+].[Na+].[O-][Si](O)(O)O. The number of carbonyl (C=O) groups is 1. The number of rotatable bonds is 5. The van der Waals surface area contributed by atoms with Gasteiger partial charge in [0.2, 0.25) is 0 Å². The van der Waals surface area contributed by atoms with Crippen molar-refractivity contribution >= 4 is 15.0 Å². The van der Waals surface area contributed by atoms with E-state index in [4.69, 9.17) is 44.7 Å². The summed E-state index contributed by atoms with van der Waals surface area (Å²) in [6.07, 6.45) is -8.08. The Hall–Kier alpha value is 1.33. The second-order valence-corrected chi connectivity index (χ2v) is 4.22. The first-order valence-electron chi connectivity index (χ1n) is 4.33. The van der Waals surface area contributed by atoms with E-state index in [1.54, 1.807) is 0 Å². The molecule has 0 aromatic heterocycles. The number of aliphatic carboxylic acids is 1. The summed E-state index contributed by atoms with van der Waals surface area (Å²) in [6, 6.07) is 0. The van der Waals surface area contributed by atoms with Crippen molar-refractivity contribution < 1.29 is 114 Å². The molecule has 0 unspecified atom stereocenters. The monoisotopic (exact) mass is 336 g/mol. The van der Waals surface area contributed by atoms with Crippen LogP contribution in [0.2, 0.25) is 0 Å². The zero-order chi connectivity index (χ0) is 15.1. The molecule has 0 amide bonds. The van der Waals surface area contributed by atoms with Crippen molar-refractivity contribution in [1.82, 2.24) is 0 Å². The molecule has 14 heteroatoms. The fourth-order valence-corrected chi connectivity index (χ4v) is 0.662. The van der Waals surface area contributed by atoms with Crippen LogP contribution >= 0.6 is 0 Å². The number of carboxylic acids is 1. The molecule has 0 fully saturated rings. The van der Waals surface area contributed by atoms with Crippen LogP contribution in [0.4, 0.5) is 0 Å². The first-order chi connectivity index (χ1) is 7.91. The van der Waals surface area contributed by atoms with Crippen molar-refractivity contribution in [3.05, 3.63) is 0 Å². The molecule has 4 atom stereocenters. The van der Waals surface area contributed by atoms with E-state index in [0.29, 0.717) is 0 Å². The maximum absolute atomic E-state index is 9.98. The van der Waals surface area contributed by atoms with Gasteiger partial charge in [-0.25, -0.2) is 0 Å². The summed E-state index contributed by atoms with van der Waals surface area (Å²) in [4.78, 5) is 40.5. The molecule has 0 aromatic rings. The molecule has 0 saturated carbocycles. The Kier molecular flexibility index (Phi) is 20.5. The van der Waals surface area contributed by atoms with Gasteiger partial charge < -0.3 is 54.6 Å². The number of hydrogen-bond acceptors (Lipinski definition) is 11.